The molecular weight excluding hydrogens is 186 g/mol. The van der Waals surface area contributed by atoms with Crippen molar-refractivity contribution in [3.8, 4) is 0 Å². The Morgan fingerprint density at radius 2 is 2.33 bits per heavy atom. The predicted molar refractivity (Wildman–Crippen MR) is 41.5 cm³/mol. The molecule has 1 saturated heterocycles. The Kier molecular flexibility index (Phi) is 3.11. The van der Waals surface area contributed by atoms with Crippen LogP contribution in [0.2, 0.25) is 0 Å². The zero-order valence-corrected chi connectivity index (χ0v) is 7.36. The van der Waals surface area contributed by atoms with Gasteiger partial charge in [-0.25, -0.2) is 0 Å². The third-order valence-electron chi connectivity index (χ3n) is 1.94. The van der Waals surface area contributed by atoms with Gasteiger partial charge in [0.15, 0.2) is 0 Å². The van der Waals surface area contributed by atoms with E-state index in [0.29, 0.717) is 6.61 Å². The predicted octanol–water partition coefficient (Wildman–Crippen LogP) is 0.837. The minimum absolute atomic E-state index is 0.0502. The van der Waals surface area contributed by atoms with Gasteiger partial charge in [0.25, 0.3) is 5.09 Å². The highest BCUT2D eigenvalue weighted by Crippen LogP contribution is 2.22. The van der Waals surface area contributed by atoms with Crippen LogP contribution < -0.4 is 0 Å². The lowest BCUT2D eigenvalue weighted by Crippen LogP contribution is -2.41. The number of hydrogen-bond donors (Lipinski definition) is 0. The minimum atomic E-state index is -0.806. The topological polar surface area (TPSA) is 61.6 Å². The van der Waals surface area contributed by atoms with E-state index in [1.807, 2.05) is 6.92 Å². The van der Waals surface area contributed by atoms with Crippen molar-refractivity contribution in [1.82, 2.24) is 0 Å². The molecule has 1 rings (SSSR count). The Labute approximate surface area is 74.7 Å². The molecule has 0 saturated carbocycles. The van der Waals surface area contributed by atoms with E-state index in [-0.39, 0.29) is 17.9 Å². The van der Waals surface area contributed by atoms with Crippen LogP contribution in [0.4, 0.5) is 0 Å². The van der Waals surface area contributed by atoms with Crippen molar-refractivity contribution in [3.63, 3.8) is 0 Å². The summed E-state index contributed by atoms with van der Waals surface area (Å²) in [5.41, 5.74) is 0. The van der Waals surface area contributed by atoms with Crippen LogP contribution >= 0.6 is 11.6 Å². The second-order valence-corrected chi connectivity index (χ2v) is 3.34. The summed E-state index contributed by atoms with van der Waals surface area (Å²) in [4.78, 5) is 14.4. The van der Waals surface area contributed by atoms with Gasteiger partial charge in [-0.15, -0.1) is 21.7 Å². The number of rotatable bonds is 2. The molecule has 1 fully saturated rings. The summed E-state index contributed by atoms with van der Waals surface area (Å²) >= 11 is 5.82. The summed E-state index contributed by atoms with van der Waals surface area (Å²) in [6.07, 6.45) is -0.531. The van der Waals surface area contributed by atoms with Crippen molar-refractivity contribution in [2.75, 3.05) is 13.2 Å². The maximum absolute atomic E-state index is 10.0. The third kappa shape index (κ3) is 2.22. The van der Waals surface area contributed by atoms with Gasteiger partial charge in [-0.1, -0.05) is 6.92 Å². The van der Waals surface area contributed by atoms with Crippen molar-refractivity contribution in [1.29, 1.82) is 0 Å². The molecule has 1 heterocycles. The van der Waals surface area contributed by atoms with Gasteiger partial charge in [0.05, 0.1) is 18.6 Å². The first-order chi connectivity index (χ1) is 5.61. The molecule has 0 spiro atoms. The summed E-state index contributed by atoms with van der Waals surface area (Å²) in [5.74, 6) is -0.0502. The summed E-state index contributed by atoms with van der Waals surface area (Å²) in [7, 11) is 0. The number of ether oxygens (including phenoxy) is 1. The molecule has 0 radical (unpaired) electrons. The number of halogens is 1. The van der Waals surface area contributed by atoms with Crippen LogP contribution in [0.3, 0.4) is 0 Å². The lowest BCUT2D eigenvalue weighted by molar-refractivity contribution is -0.771. The largest absolute Gasteiger partial charge is 0.378 e. The van der Waals surface area contributed by atoms with Gasteiger partial charge in [-0.3, -0.25) is 0 Å². The zero-order valence-electron chi connectivity index (χ0n) is 6.60. The van der Waals surface area contributed by atoms with Crippen molar-refractivity contribution >= 4 is 11.6 Å². The van der Waals surface area contributed by atoms with E-state index in [4.69, 9.17) is 16.3 Å². The molecule has 5 nitrogen and oxygen atoms in total. The molecule has 0 aromatic heterocycles. The molecular formula is C6H10ClNO4. The molecule has 0 bridgehead atoms. The van der Waals surface area contributed by atoms with Crippen molar-refractivity contribution in [2.45, 2.75) is 18.4 Å². The summed E-state index contributed by atoms with van der Waals surface area (Å²) in [5, 5.41) is 8.99. The van der Waals surface area contributed by atoms with Crippen LogP contribution in [-0.2, 0) is 9.57 Å². The Balaban J connectivity index is 2.46. The average Bonchev–Trinajstić information content (AvgIpc) is 1.98. The van der Waals surface area contributed by atoms with Gasteiger partial charge >= 0.3 is 0 Å². The van der Waals surface area contributed by atoms with E-state index in [1.54, 1.807) is 0 Å². The number of hydrogen-bond acceptors (Lipinski definition) is 4. The molecule has 3 atom stereocenters. The van der Waals surface area contributed by atoms with Crippen LogP contribution in [0.1, 0.15) is 6.92 Å². The maximum atomic E-state index is 10.0. The first-order valence-electron chi connectivity index (χ1n) is 3.64. The normalized spacial score (nSPS) is 36.0. The van der Waals surface area contributed by atoms with Crippen molar-refractivity contribution < 1.29 is 14.7 Å². The van der Waals surface area contributed by atoms with Gasteiger partial charge in [0, 0.05) is 5.92 Å². The fourth-order valence-electron chi connectivity index (χ4n) is 1.07. The van der Waals surface area contributed by atoms with Gasteiger partial charge in [0.2, 0.25) is 0 Å². The lowest BCUT2D eigenvalue weighted by atomic mass is 9.99. The molecule has 1 aliphatic rings. The standard InChI is InChI=1S/C6H10ClNO4/c1-4-5(7)2-11-3-6(4)12-8(9)10/h4-6H,2-3H2,1H3. The molecule has 0 aromatic carbocycles. The monoisotopic (exact) mass is 195 g/mol. The summed E-state index contributed by atoms with van der Waals surface area (Å²) in [6.45, 7) is 2.49. The molecule has 1 aliphatic heterocycles. The molecule has 12 heavy (non-hydrogen) atoms. The maximum Gasteiger partial charge on any atom is 0.294 e. The number of nitrogens with zero attached hydrogens (tertiary/aromatic N) is 1. The molecule has 6 heteroatoms. The van der Waals surface area contributed by atoms with Crippen LogP contribution in [0.15, 0.2) is 0 Å². The lowest BCUT2D eigenvalue weighted by Gasteiger charge is -2.30. The van der Waals surface area contributed by atoms with Crippen LogP contribution in [0.25, 0.3) is 0 Å². The molecule has 70 valence electrons. The van der Waals surface area contributed by atoms with E-state index in [0.717, 1.165) is 0 Å². The minimum Gasteiger partial charge on any atom is -0.378 e. The molecule has 0 amide bonds. The first kappa shape index (κ1) is 9.54. The Morgan fingerprint density at radius 3 is 2.92 bits per heavy atom. The number of alkyl halides is 1. The van der Waals surface area contributed by atoms with E-state index in [2.05, 4.69) is 4.84 Å². The van der Waals surface area contributed by atoms with E-state index < -0.39 is 11.2 Å². The second kappa shape index (κ2) is 3.91. The Morgan fingerprint density at radius 1 is 1.67 bits per heavy atom. The van der Waals surface area contributed by atoms with Gasteiger partial charge in [0.1, 0.15) is 6.10 Å². The SMILES string of the molecule is CC1C(Cl)COCC1O[N+](=O)[O-]. The quantitative estimate of drug-likeness (QED) is 0.372. The highest BCUT2D eigenvalue weighted by Gasteiger charge is 2.31. The van der Waals surface area contributed by atoms with E-state index in [1.165, 1.54) is 0 Å². The van der Waals surface area contributed by atoms with Crippen LogP contribution in [-0.4, -0.2) is 29.8 Å². The average molecular weight is 196 g/mol. The summed E-state index contributed by atoms with van der Waals surface area (Å²) in [6, 6.07) is 0. The first-order valence-corrected chi connectivity index (χ1v) is 4.08. The van der Waals surface area contributed by atoms with Crippen LogP contribution in [0, 0.1) is 16.0 Å². The third-order valence-corrected chi connectivity index (χ3v) is 2.46. The Bertz CT molecular complexity index is 177. The van der Waals surface area contributed by atoms with Gasteiger partial charge < -0.3 is 9.57 Å². The molecule has 3 unspecified atom stereocenters. The van der Waals surface area contributed by atoms with Crippen molar-refractivity contribution in [2.24, 2.45) is 5.92 Å². The van der Waals surface area contributed by atoms with Gasteiger partial charge in [-0.2, -0.15) is 0 Å². The fourth-order valence-corrected chi connectivity index (χ4v) is 1.32. The molecule has 0 aromatic rings. The van der Waals surface area contributed by atoms with E-state index in [9.17, 15) is 10.1 Å². The highest BCUT2D eigenvalue weighted by atomic mass is 35.5. The van der Waals surface area contributed by atoms with Gasteiger partial charge in [-0.05, 0) is 0 Å². The second-order valence-electron chi connectivity index (χ2n) is 2.78. The molecule has 0 N–H and O–H groups in total. The van der Waals surface area contributed by atoms with Crippen molar-refractivity contribution in [3.05, 3.63) is 10.1 Å². The Hall–Kier alpha value is -0.550. The van der Waals surface area contributed by atoms with E-state index >= 15 is 0 Å². The highest BCUT2D eigenvalue weighted by molar-refractivity contribution is 6.21. The smallest absolute Gasteiger partial charge is 0.294 e. The fraction of sp³-hybridized carbons (Fsp3) is 1.00. The summed E-state index contributed by atoms with van der Waals surface area (Å²) < 4.78 is 5.00. The zero-order chi connectivity index (χ0) is 9.14. The van der Waals surface area contributed by atoms with Crippen LogP contribution in [0.5, 0.6) is 0 Å². The molecule has 0 aliphatic carbocycles.